The lowest BCUT2D eigenvalue weighted by Gasteiger charge is -2.09. The summed E-state index contributed by atoms with van der Waals surface area (Å²) >= 11 is 10.1. The molecule has 0 unspecified atom stereocenters. The zero-order valence-electron chi connectivity index (χ0n) is 10.4. The highest BCUT2D eigenvalue weighted by molar-refractivity contribution is 9.10. The van der Waals surface area contributed by atoms with Gasteiger partial charge in [0.25, 0.3) is 5.91 Å². The minimum absolute atomic E-state index is 0.125. The van der Waals surface area contributed by atoms with E-state index in [0.717, 1.165) is 24.0 Å². The molecule has 1 amide bonds. The Morgan fingerprint density at radius 1 is 1.55 bits per heavy atom. The van der Waals surface area contributed by atoms with E-state index in [2.05, 4.69) is 30.8 Å². The van der Waals surface area contributed by atoms with Gasteiger partial charge in [0.1, 0.15) is 10.7 Å². The number of nitrogens with one attached hydrogen (secondary N) is 1. The fourth-order valence-electron chi connectivity index (χ4n) is 1.61. The molecule has 0 aliphatic rings. The second-order valence-electron chi connectivity index (χ2n) is 4.00. The maximum atomic E-state index is 13.1. The summed E-state index contributed by atoms with van der Waals surface area (Å²) in [4.78, 5) is 12.6. The third-order valence-electron chi connectivity index (χ3n) is 2.49. The van der Waals surface area contributed by atoms with Crippen molar-refractivity contribution in [3.8, 4) is 0 Å². The monoisotopic (exact) mass is 377 g/mol. The number of anilines is 1. The van der Waals surface area contributed by atoms with Gasteiger partial charge in [-0.1, -0.05) is 29.4 Å². The Morgan fingerprint density at radius 2 is 2.30 bits per heavy atom. The van der Waals surface area contributed by atoms with Crippen LogP contribution in [0.25, 0.3) is 0 Å². The molecule has 20 heavy (non-hydrogen) atoms. The summed E-state index contributed by atoms with van der Waals surface area (Å²) in [7, 11) is 0. The van der Waals surface area contributed by atoms with Crippen LogP contribution < -0.4 is 5.32 Å². The second kappa shape index (κ2) is 6.60. The highest BCUT2D eigenvalue weighted by Gasteiger charge is 2.18. The van der Waals surface area contributed by atoms with Gasteiger partial charge in [-0.05, 0) is 46.0 Å². The number of aryl methyl sites for hydroxylation is 1. The number of carbonyl (C=O) groups excluding carboxylic acids is 1. The smallest absolute Gasteiger partial charge is 0.269 e. The fourth-order valence-corrected chi connectivity index (χ4v) is 3.12. The minimum Gasteiger partial charge on any atom is -0.319 e. The Bertz CT molecular complexity index is 626. The zero-order valence-corrected chi connectivity index (χ0v) is 13.6. The van der Waals surface area contributed by atoms with E-state index < -0.39 is 5.82 Å². The highest BCUT2D eigenvalue weighted by Crippen LogP contribution is 2.32. The summed E-state index contributed by atoms with van der Waals surface area (Å²) in [5, 5.41) is 6.71. The van der Waals surface area contributed by atoms with Crippen molar-refractivity contribution in [1.82, 2.24) is 9.59 Å². The predicted octanol–water partition coefficient (Wildman–Crippen LogP) is 4.30. The van der Waals surface area contributed by atoms with Gasteiger partial charge in [-0.15, -0.1) is 5.10 Å². The number of amides is 1. The zero-order chi connectivity index (χ0) is 14.7. The van der Waals surface area contributed by atoms with Crippen molar-refractivity contribution in [1.29, 1.82) is 0 Å². The third kappa shape index (κ3) is 3.34. The Balaban J connectivity index is 2.26. The first-order valence-electron chi connectivity index (χ1n) is 5.80. The molecule has 0 aliphatic heterocycles. The highest BCUT2D eigenvalue weighted by atomic mass is 79.9. The number of halogens is 3. The van der Waals surface area contributed by atoms with Crippen LogP contribution in [0, 0.1) is 5.82 Å². The molecule has 0 radical (unpaired) electrons. The summed E-state index contributed by atoms with van der Waals surface area (Å²) in [6, 6.07) is 2.37. The third-order valence-corrected chi connectivity index (χ3v) is 4.18. The van der Waals surface area contributed by atoms with Crippen LogP contribution in [-0.2, 0) is 6.42 Å². The van der Waals surface area contributed by atoms with Gasteiger partial charge in [0.15, 0.2) is 0 Å². The lowest BCUT2D eigenvalue weighted by atomic mass is 10.2. The number of rotatable bonds is 4. The average molecular weight is 379 g/mol. The summed E-state index contributed by atoms with van der Waals surface area (Å²) in [5.74, 6) is -0.830. The van der Waals surface area contributed by atoms with Gasteiger partial charge in [0.2, 0.25) is 0 Å². The van der Waals surface area contributed by atoms with Crippen LogP contribution in [0.5, 0.6) is 0 Å². The lowest BCUT2D eigenvalue weighted by Crippen LogP contribution is -2.13. The van der Waals surface area contributed by atoms with Crippen LogP contribution in [-0.4, -0.2) is 15.5 Å². The molecule has 1 aromatic heterocycles. The molecule has 0 aliphatic carbocycles. The second-order valence-corrected chi connectivity index (χ2v) is 6.01. The topological polar surface area (TPSA) is 54.9 Å². The SMILES string of the molecule is CCCc1nnsc1C(=O)Nc1c(Cl)cc(F)cc1Br. The van der Waals surface area contributed by atoms with E-state index in [1.165, 1.54) is 6.07 Å². The number of hydrogen-bond donors (Lipinski definition) is 1. The lowest BCUT2D eigenvalue weighted by molar-refractivity contribution is 0.102. The number of benzene rings is 1. The van der Waals surface area contributed by atoms with E-state index in [0.29, 0.717) is 27.2 Å². The van der Waals surface area contributed by atoms with Gasteiger partial charge in [0.05, 0.1) is 16.4 Å². The average Bonchev–Trinajstić information content (AvgIpc) is 2.82. The molecule has 106 valence electrons. The van der Waals surface area contributed by atoms with E-state index in [1.807, 2.05) is 6.92 Å². The minimum atomic E-state index is -0.481. The number of aromatic nitrogens is 2. The molecule has 1 N–H and O–H groups in total. The van der Waals surface area contributed by atoms with E-state index in [-0.39, 0.29) is 10.9 Å². The molecule has 0 saturated carbocycles. The first-order valence-corrected chi connectivity index (χ1v) is 7.74. The molecule has 0 saturated heterocycles. The van der Waals surface area contributed by atoms with Gasteiger partial charge in [-0.2, -0.15) is 0 Å². The molecule has 2 aromatic rings. The summed E-state index contributed by atoms with van der Waals surface area (Å²) in [6.45, 7) is 1.99. The normalized spacial score (nSPS) is 10.6. The van der Waals surface area contributed by atoms with Crippen molar-refractivity contribution in [3.05, 3.63) is 38.0 Å². The maximum absolute atomic E-state index is 13.1. The molecular formula is C12H10BrClFN3OS. The van der Waals surface area contributed by atoms with Crippen LogP contribution in [0.15, 0.2) is 16.6 Å². The molecule has 1 heterocycles. The Hall–Kier alpha value is -1.05. The van der Waals surface area contributed by atoms with Crippen LogP contribution in [0.2, 0.25) is 5.02 Å². The molecule has 1 aromatic carbocycles. The summed E-state index contributed by atoms with van der Waals surface area (Å²) < 4.78 is 17.3. The van der Waals surface area contributed by atoms with E-state index in [9.17, 15) is 9.18 Å². The van der Waals surface area contributed by atoms with E-state index in [1.54, 1.807) is 0 Å². The van der Waals surface area contributed by atoms with Crippen LogP contribution in [0.1, 0.15) is 28.7 Å². The summed E-state index contributed by atoms with van der Waals surface area (Å²) in [6.07, 6.45) is 1.55. The van der Waals surface area contributed by atoms with E-state index in [4.69, 9.17) is 11.6 Å². The maximum Gasteiger partial charge on any atom is 0.269 e. The van der Waals surface area contributed by atoms with E-state index >= 15 is 0 Å². The fraction of sp³-hybridized carbons (Fsp3) is 0.250. The molecule has 0 fully saturated rings. The quantitative estimate of drug-likeness (QED) is 0.863. The van der Waals surface area contributed by atoms with Gasteiger partial charge in [-0.3, -0.25) is 4.79 Å². The molecule has 4 nitrogen and oxygen atoms in total. The van der Waals surface area contributed by atoms with Gasteiger partial charge >= 0.3 is 0 Å². The molecule has 0 atom stereocenters. The van der Waals surface area contributed by atoms with Crippen molar-refractivity contribution in [2.45, 2.75) is 19.8 Å². The van der Waals surface area contributed by atoms with Crippen molar-refractivity contribution in [2.24, 2.45) is 0 Å². The standard InChI is InChI=1S/C12H10BrClFN3OS/c1-2-3-9-11(20-18-17-9)12(19)16-10-7(13)4-6(15)5-8(10)14/h4-5H,2-3H2,1H3,(H,16,19). The first kappa shape index (κ1) is 15.3. The van der Waals surface area contributed by atoms with Gasteiger partial charge < -0.3 is 5.32 Å². The number of nitrogens with zero attached hydrogens (tertiary/aromatic N) is 2. The largest absolute Gasteiger partial charge is 0.319 e. The Kier molecular flexibility index (Phi) is 5.06. The molecular weight excluding hydrogens is 369 g/mol. The molecule has 2 rings (SSSR count). The Morgan fingerprint density at radius 3 is 2.95 bits per heavy atom. The van der Waals surface area contributed by atoms with Gasteiger partial charge in [-0.25, -0.2) is 4.39 Å². The van der Waals surface area contributed by atoms with Crippen LogP contribution >= 0.6 is 39.1 Å². The Labute approximate surface area is 132 Å². The van der Waals surface area contributed by atoms with Crippen molar-refractivity contribution in [3.63, 3.8) is 0 Å². The molecule has 8 heteroatoms. The predicted molar refractivity (Wildman–Crippen MR) is 81.0 cm³/mol. The number of hydrogen-bond acceptors (Lipinski definition) is 4. The molecule has 0 bridgehead atoms. The van der Waals surface area contributed by atoms with Crippen molar-refractivity contribution < 1.29 is 9.18 Å². The summed E-state index contributed by atoms with van der Waals surface area (Å²) in [5.41, 5.74) is 0.985. The van der Waals surface area contributed by atoms with Gasteiger partial charge in [0, 0.05) is 4.47 Å². The van der Waals surface area contributed by atoms with Crippen molar-refractivity contribution in [2.75, 3.05) is 5.32 Å². The van der Waals surface area contributed by atoms with Crippen molar-refractivity contribution >= 4 is 50.7 Å². The van der Waals surface area contributed by atoms with Crippen LogP contribution in [0.3, 0.4) is 0 Å². The molecule has 0 spiro atoms. The van der Waals surface area contributed by atoms with Crippen LogP contribution in [0.4, 0.5) is 10.1 Å². The first-order chi connectivity index (χ1) is 9.52. The number of carbonyl (C=O) groups is 1.